The summed E-state index contributed by atoms with van der Waals surface area (Å²) in [4.78, 5) is 45.6. The van der Waals surface area contributed by atoms with E-state index in [-0.39, 0.29) is 17.8 Å². The molecule has 1 saturated heterocycles. The molecule has 3 heterocycles. The molecule has 208 valence electrons. The van der Waals surface area contributed by atoms with Gasteiger partial charge in [0, 0.05) is 87.6 Å². The van der Waals surface area contributed by atoms with Gasteiger partial charge in [-0.3, -0.25) is 14.5 Å². The molecule has 0 radical (unpaired) electrons. The summed E-state index contributed by atoms with van der Waals surface area (Å²) in [5, 5.41) is 9.00. The van der Waals surface area contributed by atoms with Crippen molar-refractivity contribution in [2.24, 2.45) is 0 Å². The summed E-state index contributed by atoms with van der Waals surface area (Å²) in [5.41, 5.74) is 6.74. The molecule has 0 aliphatic carbocycles. The Bertz CT molecular complexity index is 1390. The Kier molecular flexibility index (Phi) is 8.04. The second-order valence-electron chi connectivity index (χ2n) is 10.0. The monoisotopic (exact) mass is 541 g/mol. The largest absolute Gasteiger partial charge is 0.382 e. The van der Waals surface area contributed by atoms with Crippen molar-refractivity contribution >= 4 is 34.9 Å². The minimum atomic E-state index is -0.0968. The van der Waals surface area contributed by atoms with Crippen LogP contribution in [-0.4, -0.2) is 71.9 Å². The van der Waals surface area contributed by atoms with Crippen LogP contribution in [0.2, 0.25) is 0 Å². The number of nitrogens with one attached hydrogen (secondary N) is 4. The highest BCUT2D eigenvalue weighted by Gasteiger charge is 2.29. The number of aromatic amines is 1. The van der Waals surface area contributed by atoms with Gasteiger partial charge in [-0.25, -0.2) is 4.79 Å². The van der Waals surface area contributed by atoms with Crippen molar-refractivity contribution in [1.82, 2.24) is 25.4 Å². The van der Waals surface area contributed by atoms with E-state index in [1.54, 1.807) is 4.90 Å². The number of carbonyl (C=O) groups excluding carboxylic acids is 3. The number of fused-ring (bicyclic) bond motifs is 1. The molecule has 2 aliphatic heterocycles. The molecule has 0 atom stereocenters. The molecule has 1 fully saturated rings. The number of carbonyl (C=O) groups is 3. The Labute approximate surface area is 234 Å². The molecule has 0 spiro atoms. The van der Waals surface area contributed by atoms with Crippen LogP contribution in [0, 0.1) is 0 Å². The molecule has 4 amide bonds. The van der Waals surface area contributed by atoms with E-state index in [0.29, 0.717) is 32.7 Å². The quantitative estimate of drug-likeness (QED) is 0.343. The van der Waals surface area contributed by atoms with Crippen molar-refractivity contribution in [2.75, 3.05) is 49.5 Å². The van der Waals surface area contributed by atoms with Crippen LogP contribution in [0.25, 0.3) is 17.0 Å². The van der Waals surface area contributed by atoms with E-state index < -0.39 is 0 Å². The highest BCUT2D eigenvalue weighted by molar-refractivity contribution is 5.89. The standard InChI is InChI=1S/C30H35N7O3/c1-21(38)31-12-13-32-28-19-37(20-29-26(28)18-27(34-29)23-6-4-3-5-7-23)30(40)36-16-14-35(15-17-36)25-10-8-24(9-11-25)33-22(2)39/h3-11,18-19,32,34H,12-17,20H2,1-2H3,(H,31,38)(H,33,39). The number of hydrogen-bond acceptors (Lipinski definition) is 5. The first kappa shape index (κ1) is 26.9. The maximum Gasteiger partial charge on any atom is 0.324 e. The zero-order valence-electron chi connectivity index (χ0n) is 22.9. The molecule has 10 heteroatoms. The predicted molar refractivity (Wildman–Crippen MR) is 156 cm³/mol. The topological polar surface area (TPSA) is 113 Å². The Hall–Kier alpha value is -4.73. The van der Waals surface area contributed by atoms with Gasteiger partial charge in [0.15, 0.2) is 0 Å². The number of aromatic nitrogens is 1. The summed E-state index contributed by atoms with van der Waals surface area (Å²) in [6, 6.07) is 20.0. The number of amides is 4. The number of piperazine rings is 1. The number of hydrogen-bond donors (Lipinski definition) is 4. The molecule has 4 N–H and O–H groups in total. The highest BCUT2D eigenvalue weighted by atomic mass is 16.2. The van der Waals surface area contributed by atoms with E-state index >= 15 is 0 Å². The van der Waals surface area contributed by atoms with E-state index in [1.807, 2.05) is 53.6 Å². The van der Waals surface area contributed by atoms with Gasteiger partial charge < -0.3 is 30.7 Å². The smallest absolute Gasteiger partial charge is 0.324 e. The number of benzene rings is 2. The van der Waals surface area contributed by atoms with Crippen molar-refractivity contribution in [1.29, 1.82) is 0 Å². The maximum absolute atomic E-state index is 13.6. The first-order valence-electron chi connectivity index (χ1n) is 13.5. The second kappa shape index (κ2) is 12.0. The first-order valence-corrected chi connectivity index (χ1v) is 13.5. The summed E-state index contributed by atoms with van der Waals surface area (Å²) in [7, 11) is 0. The lowest BCUT2D eigenvalue weighted by molar-refractivity contribution is -0.119. The van der Waals surface area contributed by atoms with Gasteiger partial charge in [0.05, 0.1) is 12.2 Å². The molecule has 1 aromatic heterocycles. The summed E-state index contributed by atoms with van der Waals surface area (Å²) < 4.78 is 0. The summed E-state index contributed by atoms with van der Waals surface area (Å²) in [6.45, 7) is 7.11. The van der Waals surface area contributed by atoms with Crippen LogP contribution in [0.3, 0.4) is 0 Å². The lowest BCUT2D eigenvalue weighted by atomic mass is 10.1. The summed E-state index contributed by atoms with van der Waals surface area (Å²) in [5.74, 6) is -0.173. The average Bonchev–Trinajstić information content (AvgIpc) is 3.40. The van der Waals surface area contributed by atoms with Gasteiger partial charge in [-0.1, -0.05) is 30.3 Å². The number of anilines is 2. The van der Waals surface area contributed by atoms with Crippen molar-refractivity contribution in [3.05, 3.63) is 78.1 Å². The Morgan fingerprint density at radius 1 is 0.875 bits per heavy atom. The minimum Gasteiger partial charge on any atom is -0.382 e. The first-order chi connectivity index (χ1) is 19.4. The predicted octanol–water partition coefficient (Wildman–Crippen LogP) is 3.42. The van der Waals surface area contributed by atoms with Gasteiger partial charge in [-0.15, -0.1) is 0 Å². The van der Waals surface area contributed by atoms with Crippen molar-refractivity contribution in [2.45, 2.75) is 20.4 Å². The van der Waals surface area contributed by atoms with Crippen molar-refractivity contribution < 1.29 is 14.4 Å². The zero-order chi connectivity index (χ0) is 28.1. The van der Waals surface area contributed by atoms with Gasteiger partial charge in [-0.05, 0) is 35.9 Å². The van der Waals surface area contributed by atoms with Crippen LogP contribution < -0.4 is 20.9 Å². The van der Waals surface area contributed by atoms with E-state index in [4.69, 9.17) is 0 Å². The molecule has 0 saturated carbocycles. The van der Waals surface area contributed by atoms with E-state index in [0.717, 1.165) is 52.7 Å². The molecule has 3 aromatic rings. The third-order valence-corrected chi connectivity index (χ3v) is 7.05. The molecular weight excluding hydrogens is 506 g/mol. The Morgan fingerprint density at radius 2 is 1.60 bits per heavy atom. The van der Waals surface area contributed by atoms with E-state index in [9.17, 15) is 14.4 Å². The van der Waals surface area contributed by atoms with Gasteiger partial charge in [0.1, 0.15) is 0 Å². The number of H-pyrrole nitrogens is 1. The molecule has 2 aromatic carbocycles. The van der Waals surface area contributed by atoms with Crippen LogP contribution >= 0.6 is 0 Å². The zero-order valence-corrected chi connectivity index (χ0v) is 22.9. The van der Waals surface area contributed by atoms with E-state index in [2.05, 4.69) is 44.0 Å². The summed E-state index contributed by atoms with van der Waals surface area (Å²) in [6.07, 6.45) is 1.88. The molecule has 0 bridgehead atoms. The molecule has 0 unspecified atom stereocenters. The fourth-order valence-corrected chi connectivity index (χ4v) is 5.07. The minimum absolute atomic E-state index is 0.0386. The normalized spacial score (nSPS) is 14.8. The molecular formula is C30H35N7O3. The van der Waals surface area contributed by atoms with Crippen LogP contribution in [0.5, 0.6) is 0 Å². The van der Waals surface area contributed by atoms with Crippen LogP contribution in [0.1, 0.15) is 25.1 Å². The van der Waals surface area contributed by atoms with Gasteiger partial charge in [0.2, 0.25) is 11.8 Å². The SMILES string of the molecule is CC(=O)NCCNC1=CN(C(=O)N2CCN(c3ccc(NC(C)=O)cc3)CC2)Cc2[nH]c(-c3ccccc3)cc21. The van der Waals surface area contributed by atoms with Gasteiger partial charge in [-0.2, -0.15) is 0 Å². The highest BCUT2D eigenvalue weighted by Crippen LogP contribution is 2.31. The molecule has 10 nitrogen and oxygen atoms in total. The average molecular weight is 542 g/mol. The lowest BCUT2D eigenvalue weighted by Crippen LogP contribution is -2.52. The van der Waals surface area contributed by atoms with Crippen molar-refractivity contribution in [3.63, 3.8) is 0 Å². The number of nitrogens with zero attached hydrogens (tertiary/aromatic N) is 3. The third-order valence-electron chi connectivity index (χ3n) is 7.05. The van der Waals surface area contributed by atoms with Crippen LogP contribution in [-0.2, 0) is 16.1 Å². The lowest BCUT2D eigenvalue weighted by Gasteiger charge is -2.38. The Balaban J connectivity index is 1.27. The maximum atomic E-state index is 13.6. The Morgan fingerprint density at radius 3 is 2.27 bits per heavy atom. The summed E-state index contributed by atoms with van der Waals surface area (Å²) >= 11 is 0. The molecule has 40 heavy (non-hydrogen) atoms. The molecule has 5 rings (SSSR count). The fourth-order valence-electron chi connectivity index (χ4n) is 5.07. The van der Waals surface area contributed by atoms with Crippen LogP contribution in [0.4, 0.5) is 16.2 Å². The van der Waals surface area contributed by atoms with Crippen molar-refractivity contribution in [3.8, 4) is 11.3 Å². The van der Waals surface area contributed by atoms with Crippen LogP contribution in [0.15, 0.2) is 66.9 Å². The number of rotatable bonds is 7. The van der Waals surface area contributed by atoms with Gasteiger partial charge in [0.25, 0.3) is 0 Å². The fraction of sp³-hybridized carbons (Fsp3) is 0.300. The second-order valence-corrected chi connectivity index (χ2v) is 10.0. The van der Waals surface area contributed by atoms with E-state index in [1.165, 1.54) is 13.8 Å². The number of urea groups is 1. The molecule has 2 aliphatic rings. The van der Waals surface area contributed by atoms with Gasteiger partial charge >= 0.3 is 6.03 Å². The third kappa shape index (κ3) is 6.28.